The average Bonchev–Trinajstić information content (AvgIpc) is 2.38. The molecule has 2 aromatic rings. The van der Waals surface area contributed by atoms with Gasteiger partial charge in [-0.25, -0.2) is 0 Å². The van der Waals surface area contributed by atoms with E-state index in [0.717, 1.165) is 27.4 Å². The van der Waals surface area contributed by atoms with Gasteiger partial charge in [-0.1, -0.05) is 17.7 Å². The molecule has 0 aromatic heterocycles. The Morgan fingerprint density at radius 2 is 1.90 bits per heavy atom. The third-order valence-corrected chi connectivity index (χ3v) is 3.43. The Balaban J connectivity index is 2.13. The molecule has 5 heteroatoms. The number of anilines is 1. The maximum absolute atomic E-state index is 10.7. The largest absolute Gasteiger partial charge is 0.381 e. The minimum Gasteiger partial charge on any atom is -0.381 e. The molecule has 0 aliphatic carbocycles. The van der Waals surface area contributed by atoms with Crippen LogP contribution in [0.5, 0.6) is 0 Å². The van der Waals surface area contributed by atoms with Crippen LogP contribution in [0.1, 0.15) is 16.7 Å². The van der Waals surface area contributed by atoms with Crippen molar-refractivity contribution >= 4 is 23.0 Å². The lowest BCUT2D eigenvalue weighted by Crippen LogP contribution is -2.03. The van der Waals surface area contributed by atoms with Gasteiger partial charge in [0.2, 0.25) is 0 Å². The number of hydrogen-bond acceptors (Lipinski definition) is 3. The number of nitrogens with zero attached hydrogens (tertiary/aromatic N) is 1. The van der Waals surface area contributed by atoms with E-state index in [0.29, 0.717) is 6.54 Å². The van der Waals surface area contributed by atoms with Crippen molar-refractivity contribution in [3.63, 3.8) is 0 Å². The highest BCUT2D eigenvalue weighted by Gasteiger charge is 2.08. The normalized spacial score (nSPS) is 10.3. The first kappa shape index (κ1) is 14.3. The molecule has 0 atom stereocenters. The van der Waals surface area contributed by atoms with Crippen LogP contribution < -0.4 is 5.32 Å². The molecule has 2 rings (SSSR count). The molecule has 0 fully saturated rings. The molecule has 0 saturated carbocycles. The summed E-state index contributed by atoms with van der Waals surface area (Å²) in [4.78, 5) is 10.3. The zero-order valence-corrected chi connectivity index (χ0v) is 12.1. The molecule has 2 aromatic carbocycles. The number of halogens is 1. The Morgan fingerprint density at radius 3 is 2.50 bits per heavy atom. The highest BCUT2D eigenvalue weighted by Crippen LogP contribution is 2.22. The highest BCUT2D eigenvalue weighted by molar-refractivity contribution is 6.30. The highest BCUT2D eigenvalue weighted by atomic mass is 35.5. The number of hydrogen-bond donors (Lipinski definition) is 1. The summed E-state index contributed by atoms with van der Waals surface area (Å²) in [6.07, 6.45) is 0. The predicted octanol–water partition coefficient (Wildman–Crippen LogP) is 4.48. The average molecular weight is 291 g/mol. The summed E-state index contributed by atoms with van der Waals surface area (Å²) < 4.78 is 0. The van der Waals surface area contributed by atoms with Gasteiger partial charge in [0.15, 0.2) is 0 Å². The van der Waals surface area contributed by atoms with Crippen molar-refractivity contribution in [3.8, 4) is 0 Å². The smallest absolute Gasteiger partial charge is 0.269 e. The van der Waals surface area contributed by atoms with E-state index in [-0.39, 0.29) is 10.6 Å². The van der Waals surface area contributed by atoms with Gasteiger partial charge in [0.25, 0.3) is 5.69 Å². The van der Waals surface area contributed by atoms with Gasteiger partial charge in [0.05, 0.1) is 4.92 Å². The number of aryl methyl sites for hydroxylation is 2. The van der Waals surface area contributed by atoms with Crippen LogP contribution in [0.15, 0.2) is 36.4 Å². The Bertz CT molecular complexity index is 656. The molecular formula is C15H15ClN2O2. The van der Waals surface area contributed by atoms with Gasteiger partial charge in [-0.05, 0) is 48.7 Å². The summed E-state index contributed by atoms with van der Waals surface area (Å²) in [5.41, 5.74) is 4.11. The van der Waals surface area contributed by atoms with Crippen LogP contribution in [0, 0.1) is 24.0 Å². The second kappa shape index (κ2) is 5.92. The third kappa shape index (κ3) is 3.27. The van der Waals surface area contributed by atoms with Crippen LogP contribution in [0.4, 0.5) is 11.4 Å². The summed E-state index contributed by atoms with van der Waals surface area (Å²) in [6, 6.07) is 10.6. The van der Waals surface area contributed by atoms with Gasteiger partial charge in [-0.15, -0.1) is 0 Å². The predicted molar refractivity (Wildman–Crippen MR) is 81.3 cm³/mol. The fraction of sp³-hybridized carbons (Fsp3) is 0.200. The minimum atomic E-state index is -0.389. The quantitative estimate of drug-likeness (QED) is 0.667. The molecule has 0 unspecified atom stereocenters. The van der Waals surface area contributed by atoms with Crippen molar-refractivity contribution in [3.05, 3.63) is 68.2 Å². The molecule has 0 spiro atoms. The first-order chi connectivity index (χ1) is 9.47. The summed E-state index contributed by atoms with van der Waals surface area (Å²) >= 11 is 5.92. The van der Waals surface area contributed by atoms with Crippen molar-refractivity contribution < 1.29 is 4.92 Å². The van der Waals surface area contributed by atoms with E-state index in [4.69, 9.17) is 11.6 Å². The zero-order valence-electron chi connectivity index (χ0n) is 11.3. The zero-order chi connectivity index (χ0) is 14.7. The summed E-state index contributed by atoms with van der Waals surface area (Å²) in [5, 5.41) is 14.7. The molecule has 0 radical (unpaired) electrons. The van der Waals surface area contributed by atoms with Crippen LogP contribution in [-0.4, -0.2) is 4.92 Å². The molecule has 0 saturated heterocycles. The topological polar surface area (TPSA) is 55.2 Å². The molecule has 0 heterocycles. The van der Waals surface area contributed by atoms with Gasteiger partial charge in [-0.3, -0.25) is 10.1 Å². The lowest BCUT2D eigenvalue weighted by Gasteiger charge is -2.11. The molecule has 20 heavy (non-hydrogen) atoms. The molecule has 4 nitrogen and oxygen atoms in total. The van der Waals surface area contributed by atoms with E-state index >= 15 is 0 Å². The van der Waals surface area contributed by atoms with E-state index in [1.165, 1.54) is 6.07 Å². The lowest BCUT2D eigenvalue weighted by molar-refractivity contribution is -0.384. The van der Waals surface area contributed by atoms with Gasteiger partial charge < -0.3 is 5.32 Å². The molecule has 0 amide bonds. The molecule has 104 valence electrons. The van der Waals surface area contributed by atoms with E-state index < -0.39 is 0 Å². The molecule has 1 N–H and O–H groups in total. The standard InChI is InChI=1S/C15H15ClN2O2/c1-10-7-13(16)4-3-12(10)9-17-15-6-5-14(18(19)20)8-11(15)2/h3-8,17H,9H2,1-2H3. The Labute approximate surface area is 122 Å². The van der Waals surface area contributed by atoms with Crippen molar-refractivity contribution in [2.75, 3.05) is 5.32 Å². The molecule has 0 aliphatic heterocycles. The van der Waals surface area contributed by atoms with Crippen molar-refractivity contribution in [2.24, 2.45) is 0 Å². The second-order valence-electron chi connectivity index (χ2n) is 4.68. The van der Waals surface area contributed by atoms with E-state index in [9.17, 15) is 10.1 Å². The maximum atomic E-state index is 10.7. The molecule has 0 aliphatic rings. The first-order valence-electron chi connectivity index (χ1n) is 6.21. The van der Waals surface area contributed by atoms with Crippen LogP contribution in [0.3, 0.4) is 0 Å². The second-order valence-corrected chi connectivity index (χ2v) is 5.12. The SMILES string of the molecule is Cc1cc(Cl)ccc1CNc1ccc([N+](=O)[O-])cc1C. The number of nitro groups is 1. The number of rotatable bonds is 4. The molecule has 0 bridgehead atoms. The number of nitrogens with one attached hydrogen (secondary N) is 1. The Hall–Kier alpha value is -2.07. The third-order valence-electron chi connectivity index (χ3n) is 3.19. The number of nitro benzene ring substituents is 1. The van der Waals surface area contributed by atoms with Crippen molar-refractivity contribution in [2.45, 2.75) is 20.4 Å². The number of non-ortho nitro benzene ring substituents is 1. The minimum absolute atomic E-state index is 0.107. The van der Waals surface area contributed by atoms with Crippen molar-refractivity contribution in [1.82, 2.24) is 0 Å². The maximum Gasteiger partial charge on any atom is 0.269 e. The Morgan fingerprint density at radius 1 is 1.15 bits per heavy atom. The summed E-state index contributed by atoms with van der Waals surface area (Å²) in [7, 11) is 0. The van der Waals surface area contributed by atoms with Crippen LogP contribution >= 0.6 is 11.6 Å². The lowest BCUT2D eigenvalue weighted by atomic mass is 10.1. The Kier molecular flexibility index (Phi) is 4.25. The van der Waals surface area contributed by atoms with Crippen molar-refractivity contribution in [1.29, 1.82) is 0 Å². The van der Waals surface area contributed by atoms with Gasteiger partial charge >= 0.3 is 0 Å². The number of benzene rings is 2. The van der Waals surface area contributed by atoms with E-state index in [1.54, 1.807) is 12.1 Å². The fourth-order valence-electron chi connectivity index (χ4n) is 2.01. The van der Waals surface area contributed by atoms with Crippen LogP contribution in [0.25, 0.3) is 0 Å². The van der Waals surface area contributed by atoms with Gasteiger partial charge in [0.1, 0.15) is 0 Å². The van der Waals surface area contributed by atoms with Gasteiger partial charge in [-0.2, -0.15) is 0 Å². The summed E-state index contributed by atoms with van der Waals surface area (Å²) in [6.45, 7) is 4.51. The van der Waals surface area contributed by atoms with E-state index in [1.807, 2.05) is 32.0 Å². The van der Waals surface area contributed by atoms with Crippen LogP contribution in [-0.2, 0) is 6.54 Å². The molecular weight excluding hydrogens is 276 g/mol. The van der Waals surface area contributed by atoms with Crippen LogP contribution in [0.2, 0.25) is 5.02 Å². The summed E-state index contributed by atoms with van der Waals surface area (Å²) in [5.74, 6) is 0. The van der Waals surface area contributed by atoms with E-state index in [2.05, 4.69) is 5.32 Å². The first-order valence-corrected chi connectivity index (χ1v) is 6.59. The fourth-order valence-corrected chi connectivity index (χ4v) is 2.23. The van der Waals surface area contributed by atoms with Gasteiger partial charge in [0, 0.05) is 29.4 Å². The monoisotopic (exact) mass is 290 g/mol.